The fourth-order valence-corrected chi connectivity index (χ4v) is 2.28. The van der Waals surface area contributed by atoms with Crippen molar-refractivity contribution in [3.63, 3.8) is 0 Å². The second-order valence-corrected chi connectivity index (χ2v) is 6.10. The van der Waals surface area contributed by atoms with Crippen molar-refractivity contribution < 1.29 is 14.1 Å². The van der Waals surface area contributed by atoms with Gasteiger partial charge in [-0.2, -0.15) is 0 Å². The lowest BCUT2D eigenvalue weighted by Crippen LogP contribution is -2.54. The maximum Gasteiger partial charge on any atom is 0.317 e. The summed E-state index contributed by atoms with van der Waals surface area (Å²) in [6.45, 7) is 10.4. The first-order chi connectivity index (χ1) is 9.93. The van der Waals surface area contributed by atoms with Crippen molar-refractivity contribution in [2.45, 2.75) is 52.2 Å². The third kappa shape index (κ3) is 3.97. The number of rotatable bonds is 4. The Labute approximate surface area is 125 Å². The Morgan fingerprint density at radius 1 is 1.57 bits per heavy atom. The lowest BCUT2D eigenvalue weighted by atomic mass is 10.0. The average Bonchev–Trinajstić information content (AvgIpc) is 2.94. The van der Waals surface area contributed by atoms with Crippen molar-refractivity contribution in [2.24, 2.45) is 0 Å². The topological polar surface area (TPSA) is 67.6 Å². The molecule has 21 heavy (non-hydrogen) atoms. The van der Waals surface area contributed by atoms with Crippen LogP contribution in [-0.2, 0) is 11.3 Å². The molecule has 0 saturated carbocycles. The van der Waals surface area contributed by atoms with Crippen LogP contribution in [0.1, 0.15) is 51.5 Å². The standard InChI is InChI=1S/C15H25N3O3/c1-5-15(4)10-18(6-7-20-15)14(19)16-9-12-8-13(11(2)3)17-21-12/h8,11H,5-7,9-10H2,1-4H3,(H,16,19)/t15-/m1/s1. The third-order valence-electron chi connectivity index (χ3n) is 3.95. The molecule has 0 radical (unpaired) electrons. The summed E-state index contributed by atoms with van der Waals surface area (Å²) in [7, 11) is 0. The van der Waals surface area contributed by atoms with E-state index >= 15 is 0 Å². The first-order valence-electron chi connectivity index (χ1n) is 7.56. The summed E-state index contributed by atoms with van der Waals surface area (Å²) in [4.78, 5) is 14.0. The summed E-state index contributed by atoms with van der Waals surface area (Å²) in [5.74, 6) is 1.00. The highest BCUT2D eigenvalue weighted by Crippen LogP contribution is 2.21. The molecule has 2 rings (SSSR count). The van der Waals surface area contributed by atoms with E-state index in [0.717, 1.165) is 12.1 Å². The SMILES string of the molecule is CC[C@]1(C)CN(C(=O)NCc2cc(C(C)C)no2)CCO1. The molecule has 0 bridgehead atoms. The highest BCUT2D eigenvalue weighted by atomic mass is 16.5. The summed E-state index contributed by atoms with van der Waals surface area (Å²) in [6.07, 6.45) is 0.886. The predicted octanol–water partition coefficient (Wildman–Crippen LogP) is 2.51. The molecule has 6 nitrogen and oxygen atoms in total. The van der Waals surface area contributed by atoms with Crippen LogP contribution in [0, 0.1) is 0 Å². The van der Waals surface area contributed by atoms with Gasteiger partial charge in [-0.1, -0.05) is 25.9 Å². The van der Waals surface area contributed by atoms with Gasteiger partial charge in [0.2, 0.25) is 0 Å². The van der Waals surface area contributed by atoms with Crippen LogP contribution in [0.5, 0.6) is 0 Å². The molecular formula is C15H25N3O3. The number of amides is 2. The van der Waals surface area contributed by atoms with Gasteiger partial charge < -0.3 is 19.5 Å². The molecular weight excluding hydrogens is 270 g/mol. The number of nitrogens with zero attached hydrogens (tertiary/aromatic N) is 2. The zero-order chi connectivity index (χ0) is 15.5. The summed E-state index contributed by atoms with van der Waals surface area (Å²) in [5, 5.41) is 6.86. The van der Waals surface area contributed by atoms with Gasteiger partial charge in [-0.05, 0) is 19.3 Å². The van der Waals surface area contributed by atoms with Crippen molar-refractivity contribution >= 4 is 6.03 Å². The maximum absolute atomic E-state index is 12.2. The molecule has 2 amide bonds. The van der Waals surface area contributed by atoms with E-state index in [2.05, 4.69) is 31.2 Å². The Balaban J connectivity index is 1.86. The molecule has 1 aromatic rings. The monoisotopic (exact) mass is 295 g/mol. The van der Waals surface area contributed by atoms with Gasteiger partial charge in [0.25, 0.3) is 0 Å². The number of morpholine rings is 1. The molecule has 1 atom stereocenters. The number of hydrogen-bond acceptors (Lipinski definition) is 4. The third-order valence-corrected chi connectivity index (χ3v) is 3.95. The fourth-order valence-electron chi connectivity index (χ4n) is 2.28. The normalized spacial score (nSPS) is 22.6. The van der Waals surface area contributed by atoms with Gasteiger partial charge in [-0.25, -0.2) is 4.79 Å². The lowest BCUT2D eigenvalue weighted by molar-refractivity contribution is -0.0873. The molecule has 1 aliphatic heterocycles. The van der Waals surface area contributed by atoms with E-state index in [1.54, 1.807) is 4.90 Å². The van der Waals surface area contributed by atoms with Crippen LogP contribution >= 0.6 is 0 Å². The van der Waals surface area contributed by atoms with Gasteiger partial charge in [0.1, 0.15) is 0 Å². The minimum Gasteiger partial charge on any atom is -0.372 e. The van der Waals surface area contributed by atoms with Crippen molar-refractivity contribution in [1.29, 1.82) is 0 Å². The number of hydrogen-bond donors (Lipinski definition) is 1. The van der Waals surface area contributed by atoms with Gasteiger partial charge >= 0.3 is 6.03 Å². The first-order valence-corrected chi connectivity index (χ1v) is 7.56. The first kappa shape index (κ1) is 15.8. The van der Waals surface area contributed by atoms with Crippen LogP contribution in [0.3, 0.4) is 0 Å². The average molecular weight is 295 g/mol. The van der Waals surface area contributed by atoms with Crippen LogP contribution in [0.15, 0.2) is 10.6 Å². The largest absolute Gasteiger partial charge is 0.372 e. The molecule has 1 aromatic heterocycles. The van der Waals surface area contributed by atoms with Crippen LogP contribution < -0.4 is 5.32 Å². The Morgan fingerprint density at radius 2 is 2.33 bits per heavy atom. The van der Waals surface area contributed by atoms with Gasteiger partial charge in [0.05, 0.1) is 31.0 Å². The van der Waals surface area contributed by atoms with Crippen LogP contribution in [0.4, 0.5) is 4.79 Å². The maximum atomic E-state index is 12.2. The van der Waals surface area contributed by atoms with Crippen LogP contribution in [-0.4, -0.2) is 41.4 Å². The number of carbonyl (C=O) groups is 1. The second-order valence-electron chi connectivity index (χ2n) is 6.10. The smallest absolute Gasteiger partial charge is 0.317 e. The molecule has 0 unspecified atom stereocenters. The highest BCUT2D eigenvalue weighted by Gasteiger charge is 2.32. The van der Waals surface area contributed by atoms with Gasteiger partial charge in [-0.15, -0.1) is 0 Å². The summed E-state index contributed by atoms with van der Waals surface area (Å²) in [6, 6.07) is 1.81. The number of nitrogens with one attached hydrogen (secondary N) is 1. The molecule has 1 saturated heterocycles. The van der Waals surface area contributed by atoms with Crippen molar-refractivity contribution in [3.8, 4) is 0 Å². The second kappa shape index (κ2) is 6.47. The summed E-state index contributed by atoms with van der Waals surface area (Å²) in [5.41, 5.74) is 0.663. The number of ether oxygens (including phenoxy) is 1. The van der Waals surface area contributed by atoms with Gasteiger partial charge in [0.15, 0.2) is 5.76 Å². The molecule has 2 heterocycles. The van der Waals surface area contributed by atoms with E-state index in [1.165, 1.54) is 0 Å². The number of carbonyl (C=O) groups excluding carboxylic acids is 1. The molecule has 0 spiro atoms. The molecule has 6 heteroatoms. The minimum absolute atomic E-state index is 0.0829. The van der Waals surface area contributed by atoms with E-state index in [4.69, 9.17) is 9.26 Å². The fraction of sp³-hybridized carbons (Fsp3) is 0.733. The molecule has 1 fully saturated rings. The summed E-state index contributed by atoms with van der Waals surface area (Å²) < 4.78 is 11.0. The molecule has 1 aliphatic rings. The Morgan fingerprint density at radius 3 is 2.95 bits per heavy atom. The summed E-state index contributed by atoms with van der Waals surface area (Å²) >= 11 is 0. The van der Waals surface area contributed by atoms with E-state index < -0.39 is 0 Å². The van der Waals surface area contributed by atoms with Crippen molar-refractivity contribution in [2.75, 3.05) is 19.7 Å². The highest BCUT2D eigenvalue weighted by molar-refractivity contribution is 5.74. The minimum atomic E-state index is -0.243. The van der Waals surface area contributed by atoms with E-state index in [-0.39, 0.29) is 11.6 Å². The molecule has 1 N–H and O–H groups in total. The van der Waals surface area contributed by atoms with Crippen LogP contribution in [0.25, 0.3) is 0 Å². The quantitative estimate of drug-likeness (QED) is 0.926. The van der Waals surface area contributed by atoms with Gasteiger partial charge in [0, 0.05) is 12.6 Å². The van der Waals surface area contributed by atoms with E-state index in [0.29, 0.717) is 37.9 Å². The zero-order valence-corrected chi connectivity index (χ0v) is 13.3. The van der Waals surface area contributed by atoms with Crippen LogP contribution in [0.2, 0.25) is 0 Å². The zero-order valence-electron chi connectivity index (χ0n) is 13.3. The predicted molar refractivity (Wildman–Crippen MR) is 79.0 cm³/mol. The van der Waals surface area contributed by atoms with E-state index in [9.17, 15) is 4.79 Å². The Bertz CT molecular complexity index is 486. The number of urea groups is 1. The lowest BCUT2D eigenvalue weighted by Gasteiger charge is -2.39. The molecule has 0 aromatic carbocycles. The van der Waals surface area contributed by atoms with Crippen molar-refractivity contribution in [3.05, 3.63) is 17.5 Å². The molecule has 118 valence electrons. The van der Waals surface area contributed by atoms with E-state index in [1.807, 2.05) is 13.0 Å². The Kier molecular flexibility index (Phi) is 4.88. The Hall–Kier alpha value is -1.56. The van der Waals surface area contributed by atoms with Gasteiger partial charge in [-0.3, -0.25) is 0 Å². The number of aromatic nitrogens is 1. The molecule has 0 aliphatic carbocycles. The van der Waals surface area contributed by atoms with Crippen molar-refractivity contribution in [1.82, 2.24) is 15.4 Å².